The molecule has 0 saturated carbocycles. The Morgan fingerprint density at radius 2 is 1.68 bits per heavy atom. The molecule has 2 aliphatic heterocycles. The summed E-state index contributed by atoms with van der Waals surface area (Å²) in [6.45, 7) is -3.01. The van der Waals surface area contributed by atoms with Crippen molar-refractivity contribution in [3.8, 4) is 5.75 Å². The van der Waals surface area contributed by atoms with Crippen molar-refractivity contribution in [3.05, 3.63) is 65.7 Å². The third-order valence-corrected chi connectivity index (χ3v) is 7.50. The van der Waals surface area contributed by atoms with E-state index < -0.39 is 35.6 Å². The lowest BCUT2D eigenvalue weighted by molar-refractivity contribution is -0.271. The SMILES string of the molecule is CO[C@@](C(=O)N1CCC2(CC1)CC(=O)NCC2c1ccccc1OC(F)F)(c1ccccc1)C(F)(F)F. The van der Waals surface area contributed by atoms with Gasteiger partial charge in [0, 0.05) is 44.6 Å². The highest BCUT2D eigenvalue weighted by Crippen LogP contribution is 2.52. The molecule has 1 spiro atoms. The molecule has 2 amide bonds. The van der Waals surface area contributed by atoms with Crippen LogP contribution in [0.4, 0.5) is 22.0 Å². The number of nitrogens with one attached hydrogen (secondary N) is 1. The number of likely N-dealkylation sites (tertiary alicyclic amines) is 1. The minimum absolute atomic E-state index is 0.0175. The molecule has 0 bridgehead atoms. The Hall–Kier alpha value is -3.21. The van der Waals surface area contributed by atoms with Crippen LogP contribution in [-0.4, -0.2) is 56.2 Å². The molecule has 2 aromatic carbocycles. The van der Waals surface area contributed by atoms with Crippen molar-refractivity contribution < 1.29 is 41.0 Å². The van der Waals surface area contributed by atoms with Gasteiger partial charge in [-0.05, 0) is 29.9 Å². The van der Waals surface area contributed by atoms with Gasteiger partial charge in [0.25, 0.3) is 11.5 Å². The van der Waals surface area contributed by atoms with Crippen molar-refractivity contribution in [2.45, 2.75) is 43.6 Å². The monoisotopic (exact) mass is 526 g/mol. The topological polar surface area (TPSA) is 67.9 Å². The molecule has 2 aliphatic rings. The average molecular weight is 527 g/mol. The van der Waals surface area contributed by atoms with Crippen molar-refractivity contribution in [1.82, 2.24) is 10.2 Å². The number of carbonyl (C=O) groups excluding carboxylic acids is 2. The predicted molar refractivity (Wildman–Crippen MR) is 123 cm³/mol. The molecule has 37 heavy (non-hydrogen) atoms. The quantitative estimate of drug-likeness (QED) is 0.559. The molecule has 2 atom stereocenters. The zero-order chi connectivity index (χ0) is 26.8. The summed E-state index contributed by atoms with van der Waals surface area (Å²) in [5, 5.41) is 2.76. The number of rotatable bonds is 6. The van der Waals surface area contributed by atoms with Gasteiger partial charge in [-0.1, -0.05) is 48.5 Å². The Morgan fingerprint density at radius 1 is 1.05 bits per heavy atom. The van der Waals surface area contributed by atoms with E-state index in [9.17, 15) is 31.5 Å². The number of nitrogens with zero attached hydrogens (tertiary/aromatic N) is 1. The third-order valence-electron chi connectivity index (χ3n) is 7.50. The summed E-state index contributed by atoms with van der Waals surface area (Å²) in [6, 6.07) is 13.0. The van der Waals surface area contributed by atoms with E-state index in [-0.39, 0.29) is 56.1 Å². The van der Waals surface area contributed by atoms with E-state index in [0.717, 1.165) is 12.0 Å². The van der Waals surface area contributed by atoms with Gasteiger partial charge in [0.1, 0.15) is 5.75 Å². The lowest BCUT2D eigenvalue weighted by Gasteiger charge is -2.50. The molecule has 2 aromatic rings. The summed E-state index contributed by atoms with van der Waals surface area (Å²) in [6.07, 6.45) is -4.58. The van der Waals surface area contributed by atoms with Crippen LogP contribution >= 0.6 is 0 Å². The van der Waals surface area contributed by atoms with Crippen LogP contribution in [0.2, 0.25) is 0 Å². The van der Waals surface area contributed by atoms with E-state index in [0.29, 0.717) is 5.56 Å². The number of alkyl halides is 5. The molecule has 0 aliphatic carbocycles. The van der Waals surface area contributed by atoms with Crippen molar-refractivity contribution in [2.75, 3.05) is 26.7 Å². The smallest absolute Gasteiger partial charge is 0.430 e. The molecule has 6 nitrogen and oxygen atoms in total. The minimum Gasteiger partial charge on any atom is -0.435 e. The predicted octanol–water partition coefficient (Wildman–Crippen LogP) is 4.60. The highest BCUT2D eigenvalue weighted by atomic mass is 19.4. The van der Waals surface area contributed by atoms with Crippen LogP contribution in [-0.2, 0) is 19.9 Å². The van der Waals surface area contributed by atoms with Gasteiger partial charge < -0.3 is 19.7 Å². The number of carbonyl (C=O) groups is 2. The molecule has 1 N–H and O–H groups in total. The summed E-state index contributed by atoms with van der Waals surface area (Å²) in [5.74, 6) is -1.92. The van der Waals surface area contributed by atoms with Crippen molar-refractivity contribution in [3.63, 3.8) is 0 Å². The van der Waals surface area contributed by atoms with E-state index >= 15 is 0 Å². The van der Waals surface area contributed by atoms with Gasteiger partial charge in [-0.3, -0.25) is 9.59 Å². The van der Waals surface area contributed by atoms with Crippen molar-refractivity contribution >= 4 is 11.8 Å². The molecule has 11 heteroatoms. The highest BCUT2D eigenvalue weighted by molar-refractivity contribution is 5.88. The van der Waals surface area contributed by atoms with Crippen LogP contribution in [0, 0.1) is 5.41 Å². The van der Waals surface area contributed by atoms with Crippen LogP contribution < -0.4 is 10.1 Å². The maximum Gasteiger partial charge on any atom is 0.430 e. The molecule has 1 unspecified atom stereocenters. The number of benzene rings is 2. The Kier molecular flexibility index (Phi) is 7.45. The maximum absolute atomic E-state index is 14.4. The number of ether oxygens (including phenoxy) is 2. The van der Waals surface area contributed by atoms with Crippen LogP contribution in [0.15, 0.2) is 54.6 Å². The summed E-state index contributed by atoms with van der Waals surface area (Å²) in [5.41, 5.74) is -3.78. The van der Waals surface area contributed by atoms with E-state index in [1.165, 1.54) is 30.3 Å². The summed E-state index contributed by atoms with van der Waals surface area (Å²) in [7, 11) is 0.852. The minimum atomic E-state index is -5.03. The van der Waals surface area contributed by atoms with Crippen LogP contribution in [0.25, 0.3) is 0 Å². The first-order valence-corrected chi connectivity index (χ1v) is 11.8. The van der Waals surface area contributed by atoms with Gasteiger partial charge in [0.2, 0.25) is 5.91 Å². The molecule has 2 saturated heterocycles. The van der Waals surface area contributed by atoms with Gasteiger partial charge >= 0.3 is 12.8 Å². The number of methoxy groups -OCH3 is 1. The Morgan fingerprint density at radius 3 is 2.27 bits per heavy atom. The standard InChI is InChI=1S/C26H27F5N2O4/c1-36-25(26(29,30)31,17-7-3-2-4-8-17)22(35)33-13-11-24(12-14-33)15-21(34)32-16-19(24)18-9-5-6-10-20(18)37-23(27)28/h2-10,19,23H,11-16H2,1H3,(H,32,34)/t19?,25-/m1/s1. The molecule has 2 heterocycles. The van der Waals surface area contributed by atoms with Gasteiger partial charge in [-0.15, -0.1) is 0 Å². The first-order valence-electron chi connectivity index (χ1n) is 11.8. The fourth-order valence-electron chi connectivity index (χ4n) is 5.65. The number of piperidine rings is 2. The largest absolute Gasteiger partial charge is 0.435 e. The van der Waals surface area contributed by atoms with Gasteiger partial charge in [0.05, 0.1) is 0 Å². The van der Waals surface area contributed by atoms with E-state index in [1.54, 1.807) is 24.3 Å². The number of hydrogen-bond donors (Lipinski definition) is 1. The maximum atomic E-state index is 14.4. The lowest BCUT2D eigenvalue weighted by Crippen LogP contribution is -2.60. The number of amides is 2. The number of halogens is 5. The van der Waals surface area contributed by atoms with Gasteiger partial charge in [0.15, 0.2) is 0 Å². The Labute approximate surface area is 210 Å². The van der Waals surface area contributed by atoms with E-state index in [1.807, 2.05) is 0 Å². The van der Waals surface area contributed by atoms with E-state index in [2.05, 4.69) is 5.32 Å². The summed E-state index contributed by atoms with van der Waals surface area (Å²) in [4.78, 5) is 27.0. The first-order chi connectivity index (χ1) is 17.5. The average Bonchev–Trinajstić information content (AvgIpc) is 2.85. The molecule has 0 aromatic heterocycles. The summed E-state index contributed by atoms with van der Waals surface area (Å²) >= 11 is 0. The molecule has 200 valence electrons. The second-order valence-corrected chi connectivity index (χ2v) is 9.35. The van der Waals surface area contributed by atoms with E-state index in [4.69, 9.17) is 9.47 Å². The lowest BCUT2D eigenvalue weighted by atomic mass is 9.62. The number of hydrogen-bond acceptors (Lipinski definition) is 4. The van der Waals surface area contributed by atoms with Crippen molar-refractivity contribution in [1.29, 1.82) is 0 Å². The second kappa shape index (κ2) is 10.3. The van der Waals surface area contributed by atoms with Gasteiger partial charge in [-0.2, -0.15) is 22.0 Å². The third kappa shape index (κ3) is 4.88. The molecule has 0 radical (unpaired) electrons. The Bertz CT molecular complexity index is 1120. The van der Waals surface area contributed by atoms with Crippen LogP contribution in [0.1, 0.15) is 36.3 Å². The molecule has 2 fully saturated rings. The molecular weight excluding hydrogens is 499 g/mol. The molecular formula is C26H27F5N2O4. The fourth-order valence-corrected chi connectivity index (χ4v) is 5.65. The van der Waals surface area contributed by atoms with Crippen molar-refractivity contribution in [2.24, 2.45) is 5.41 Å². The molecule has 4 rings (SSSR count). The van der Waals surface area contributed by atoms with Gasteiger partial charge in [-0.25, -0.2) is 0 Å². The zero-order valence-electron chi connectivity index (χ0n) is 20.1. The fraction of sp³-hybridized carbons (Fsp3) is 0.462. The Balaban J connectivity index is 1.64. The zero-order valence-corrected chi connectivity index (χ0v) is 20.1. The van der Waals surface area contributed by atoms with Crippen LogP contribution in [0.3, 0.4) is 0 Å². The normalized spacial score (nSPS) is 21.4. The first kappa shape index (κ1) is 26.8. The second-order valence-electron chi connectivity index (χ2n) is 9.35. The summed E-state index contributed by atoms with van der Waals surface area (Å²) < 4.78 is 78.9. The highest BCUT2D eigenvalue weighted by Gasteiger charge is 2.64. The number of para-hydroxylation sites is 1. The van der Waals surface area contributed by atoms with Crippen LogP contribution in [0.5, 0.6) is 5.75 Å².